The molecule has 0 atom stereocenters. The molecule has 6 nitrogen and oxygen atoms in total. The van der Waals surface area contributed by atoms with Gasteiger partial charge in [0, 0.05) is 5.69 Å². The third-order valence-corrected chi connectivity index (χ3v) is 5.67. The van der Waals surface area contributed by atoms with Crippen molar-refractivity contribution >= 4 is 27.3 Å². The van der Waals surface area contributed by atoms with E-state index in [0.29, 0.717) is 17.1 Å². The molecule has 0 unspecified atom stereocenters. The number of carbonyl (C=O) groups is 1. The van der Waals surface area contributed by atoms with Crippen molar-refractivity contribution in [1.82, 2.24) is 0 Å². The number of aryl methyl sites for hydroxylation is 1. The van der Waals surface area contributed by atoms with Gasteiger partial charge in [0.2, 0.25) is 5.91 Å². The number of amides is 1. The van der Waals surface area contributed by atoms with E-state index >= 15 is 0 Å². The predicted molar refractivity (Wildman–Crippen MR) is 114 cm³/mol. The van der Waals surface area contributed by atoms with Crippen molar-refractivity contribution in [1.29, 1.82) is 0 Å². The Morgan fingerprint density at radius 3 is 2.24 bits per heavy atom. The highest BCUT2D eigenvalue weighted by molar-refractivity contribution is 7.92. The summed E-state index contributed by atoms with van der Waals surface area (Å²) in [5.41, 5.74) is 2.92. The van der Waals surface area contributed by atoms with Crippen LogP contribution in [0.2, 0.25) is 0 Å². The summed E-state index contributed by atoms with van der Waals surface area (Å²) in [4.78, 5) is 12.3. The number of anilines is 2. The summed E-state index contributed by atoms with van der Waals surface area (Å²) in [6.07, 6.45) is 0.246. The molecule has 2 N–H and O–H groups in total. The second-order valence-corrected chi connectivity index (χ2v) is 8.22. The molecule has 150 valence electrons. The Hall–Kier alpha value is -3.32. The standard InChI is InChI=1S/C22H22N2O4S/c1-16-7-9-17(10-8-16)15-22(25)23-18-11-13-19(14-12-18)29(26,27)24-20-5-3-4-6-21(20)28-2/h3-14,24H,15H2,1-2H3,(H,23,25). The van der Waals surface area contributed by atoms with Crippen molar-refractivity contribution in [3.63, 3.8) is 0 Å². The molecular formula is C22H22N2O4S. The van der Waals surface area contributed by atoms with E-state index in [1.807, 2.05) is 31.2 Å². The fourth-order valence-corrected chi connectivity index (χ4v) is 3.82. The minimum absolute atomic E-state index is 0.0833. The van der Waals surface area contributed by atoms with E-state index in [1.54, 1.807) is 36.4 Å². The highest BCUT2D eigenvalue weighted by Crippen LogP contribution is 2.26. The Bertz CT molecular complexity index is 1090. The first-order chi connectivity index (χ1) is 13.9. The van der Waals surface area contributed by atoms with Gasteiger partial charge >= 0.3 is 0 Å². The first kappa shape index (κ1) is 20.4. The van der Waals surface area contributed by atoms with Gasteiger partial charge in [-0.25, -0.2) is 8.42 Å². The minimum atomic E-state index is -3.79. The Balaban J connectivity index is 1.67. The van der Waals surface area contributed by atoms with Gasteiger partial charge in [0.15, 0.2) is 0 Å². The van der Waals surface area contributed by atoms with Gasteiger partial charge in [0.1, 0.15) is 5.75 Å². The van der Waals surface area contributed by atoms with Crippen LogP contribution in [-0.4, -0.2) is 21.4 Å². The molecular weight excluding hydrogens is 388 g/mol. The third-order valence-electron chi connectivity index (χ3n) is 4.28. The van der Waals surface area contributed by atoms with Crippen molar-refractivity contribution in [2.75, 3.05) is 17.1 Å². The van der Waals surface area contributed by atoms with Crippen molar-refractivity contribution < 1.29 is 17.9 Å². The zero-order valence-electron chi connectivity index (χ0n) is 16.2. The molecule has 3 rings (SSSR count). The first-order valence-electron chi connectivity index (χ1n) is 8.99. The van der Waals surface area contributed by atoms with Crippen LogP contribution in [-0.2, 0) is 21.2 Å². The fraction of sp³-hybridized carbons (Fsp3) is 0.136. The quantitative estimate of drug-likeness (QED) is 0.617. The number of sulfonamides is 1. The number of benzene rings is 3. The number of hydrogen-bond acceptors (Lipinski definition) is 4. The summed E-state index contributed by atoms with van der Waals surface area (Å²) in [5, 5.41) is 2.78. The lowest BCUT2D eigenvalue weighted by Gasteiger charge is -2.12. The molecule has 0 bridgehead atoms. The molecule has 0 aromatic heterocycles. The molecule has 3 aromatic rings. The number of nitrogens with one attached hydrogen (secondary N) is 2. The smallest absolute Gasteiger partial charge is 0.262 e. The summed E-state index contributed by atoms with van der Waals surface area (Å²) in [6.45, 7) is 1.99. The molecule has 3 aromatic carbocycles. The SMILES string of the molecule is COc1ccccc1NS(=O)(=O)c1ccc(NC(=O)Cc2ccc(C)cc2)cc1. The molecule has 7 heteroatoms. The second kappa shape index (κ2) is 8.79. The molecule has 0 saturated carbocycles. The van der Waals surface area contributed by atoms with E-state index in [2.05, 4.69) is 10.0 Å². The number of rotatable bonds is 7. The van der Waals surface area contributed by atoms with E-state index in [0.717, 1.165) is 11.1 Å². The zero-order valence-corrected chi connectivity index (χ0v) is 17.0. The van der Waals surface area contributed by atoms with Gasteiger partial charge in [-0.3, -0.25) is 9.52 Å². The Morgan fingerprint density at radius 2 is 1.59 bits per heavy atom. The maximum atomic E-state index is 12.6. The van der Waals surface area contributed by atoms with Crippen molar-refractivity contribution in [2.24, 2.45) is 0 Å². The summed E-state index contributed by atoms with van der Waals surface area (Å²) in [5.74, 6) is 0.257. The van der Waals surface area contributed by atoms with Crippen LogP contribution in [0, 0.1) is 6.92 Å². The molecule has 0 aliphatic rings. The normalized spacial score (nSPS) is 11.0. The molecule has 0 saturated heterocycles. The average Bonchev–Trinajstić information content (AvgIpc) is 2.70. The van der Waals surface area contributed by atoms with Crippen LogP contribution in [0.5, 0.6) is 5.75 Å². The minimum Gasteiger partial charge on any atom is -0.495 e. The molecule has 0 aliphatic heterocycles. The van der Waals surface area contributed by atoms with E-state index in [9.17, 15) is 13.2 Å². The van der Waals surface area contributed by atoms with Crippen LogP contribution in [0.4, 0.5) is 11.4 Å². The summed E-state index contributed by atoms with van der Waals surface area (Å²) in [7, 11) is -2.31. The van der Waals surface area contributed by atoms with E-state index in [-0.39, 0.29) is 17.2 Å². The Kier molecular flexibility index (Phi) is 6.19. The van der Waals surface area contributed by atoms with Crippen LogP contribution in [0.1, 0.15) is 11.1 Å². The van der Waals surface area contributed by atoms with Crippen molar-refractivity contribution in [3.8, 4) is 5.75 Å². The predicted octanol–water partition coefficient (Wildman–Crippen LogP) is 3.99. The molecule has 0 radical (unpaired) electrons. The lowest BCUT2D eigenvalue weighted by atomic mass is 10.1. The van der Waals surface area contributed by atoms with E-state index in [4.69, 9.17) is 4.74 Å². The molecule has 1 amide bonds. The zero-order chi connectivity index (χ0) is 20.9. The highest BCUT2D eigenvalue weighted by atomic mass is 32.2. The lowest BCUT2D eigenvalue weighted by Crippen LogP contribution is -2.15. The van der Waals surface area contributed by atoms with Gasteiger partial charge < -0.3 is 10.1 Å². The van der Waals surface area contributed by atoms with Crippen LogP contribution < -0.4 is 14.8 Å². The van der Waals surface area contributed by atoms with Gasteiger partial charge in [-0.2, -0.15) is 0 Å². The Morgan fingerprint density at radius 1 is 0.931 bits per heavy atom. The summed E-state index contributed by atoms with van der Waals surface area (Å²) < 4.78 is 32.9. The van der Waals surface area contributed by atoms with Crippen LogP contribution >= 0.6 is 0 Å². The van der Waals surface area contributed by atoms with Crippen LogP contribution in [0.25, 0.3) is 0 Å². The molecule has 29 heavy (non-hydrogen) atoms. The van der Waals surface area contributed by atoms with Crippen LogP contribution in [0.3, 0.4) is 0 Å². The lowest BCUT2D eigenvalue weighted by molar-refractivity contribution is -0.115. The van der Waals surface area contributed by atoms with Crippen molar-refractivity contribution in [2.45, 2.75) is 18.2 Å². The van der Waals surface area contributed by atoms with Crippen molar-refractivity contribution in [3.05, 3.63) is 83.9 Å². The van der Waals surface area contributed by atoms with Crippen LogP contribution in [0.15, 0.2) is 77.7 Å². The largest absolute Gasteiger partial charge is 0.495 e. The van der Waals surface area contributed by atoms with Gasteiger partial charge in [0.25, 0.3) is 10.0 Å². The maximum Gasteiger partial charge on any atom is 0.262 e. The molecule has 0 heterocycles. The number of carbonyl (C=O) groups excluding carboxylic acids is 1. The average molecular weight is 410 g/mol. The fourth-order valence-electron chi connectivity index (χ4n) is 2.75. The number of hydrogen-bond donors (Lipinski definition) is 2. The summed E-state index contributed by atoms with van der Waals surface area (Å²) in [6, 6.07) is 20.5. The first-order valence-corrected chi connectivity index (χ1v) is 10.5. The van der Waals surface area contributed by atoms with Gasteiger partial charge in [0.05, 0.1) is 24.1 Å². The third kappa shape index (κ3) is 5.36. The number of para-hydroxylation sites is 2. The monoisotopic (exact) mass is 410 g/mol. The van der Waals surface area contributed by atoms with E-state index in [1.165, 1.54) is 19.2 Å². The van der Waals surface area contributed by atoms with Gasteiger partial charge in [-0.15, -0.1) is 0 Å². The number of methoxy groups -OCH3 is 1. The second-order valence-electron chi connectivity index (χ2n) is 6.54. The molecule has 0 fully saturated rings. The highest BCUT2D eigenvalue weighted by Gasteiger charge is 2.16. The molecule has 0 aliphatic carbocycles. The number of ether oxygens (including phenoxy) is 1. The van der Waals surface area contributed by atoms with Gasteiger partial charge in [-0.05, 0) is 48.9 Å². The summed E-state index contributed by atoms with van der Waals surface area (Å²) >= 11 is 0. The van der Waals surface area contributed by atoms with E-state index < -0.39 is 10.0 Å². The molecule has 0 spiro atoms. The maximum absolute atomic E-state index is 12.6. The Labute approximate surface area is 170 Å². The van der Waals surface area contributed by atoms with Gasteiger partial charge in [-0.1, -0.05) is 42.0 Å². The topological polar surface area (TPSA) is 84.5 Å².